The molecule has 0 amide bonds. The van der Waals surface area contributed by atoms with Crippen molar-refractivity contribution in [2.24, 2.45) is 0 Å². The van der Waals surface area contributed by atoms with E-state index in [0.29, 0.717) is 17.5 Å². The number of benzene rings is 10. The van der Waals surface area contributed by atoms with E-state index in [4.69, 9.17) is 23.8 Å². The molecule has 6 nitrogen and oxygen atoms in total. The van der Waals surface area contributed by atoms with E-state index in [1.165, 1.54) is 36.7 Å². The maximum Gasteiger partial charge on any atom is 0.164 e. The minimum atomic E-state index is 0.558. The molecule has 10 aromatic carbocycles. The number of hydrogen-bond acceptors (Lipinski definition) is 6. The lowest BCUT2D eigenvalue weighted by Gasteiger charge is -2.11. The third-order valence-electron chi connectivity index (χ3n) is 13.9. The molecule has 15 rings (SSSR count). The molecule has 70 heavy (non-hydrogen) atoms. The maximum atomic E-state index is 6.66. The Balaban J connectivity index is 0.927. The van der Waals surface area contributed by atoms with Crippen LogP contribution >= 0.6 is 11.3 Å². The first-order chi connectivity index (χ1) is 34.7. The Morgan fingerprint density at radius 3 is 1.77 bits per heavy atom. The van der Waals surface area contributed by atoms with Gasteiger partial charge in [-0.3, -0.25) is 0 Å². The summed E-state index contributed by atoms with van der Waals surface area (Å²) >= 11 is 1.78. The zero-order valence-electron chi connectivity index (χ0n) is 37.3. The Kier molecular flexibility index (Phi) is 8.43. The fourth-order valence-corrected chi connectivity index (χ4v) is 11.8. The fourth-order valence-electron chi connectivity index (χ4n) is 10.6. The SMILES string of the molecule is c1ccc(-c2ccc3c(c2)c2ccc(-c4ccc5oc6cccc(-c7nc(-c8ccc9c(c8)oc8ccccc89)nc(-c8cccc9sc%10ccccc%10c89)n7)c6c5c4)cc2n3-c2ccccc2)cc1. The Morgan fingerprint density at radius 1 is 0.314 bits per heavy atom. The summed E-state index contributed by atoms with van der Waals surface area (Å²) in [6, 6.07) is 76.9. The molecular formula is C63H36N4O2S. The zero-order chi connectivity index (χ0) is 45.9. The van der Waals surface area contributed by atoms with Crippen LogP contribution in [0.25, 0.3) is 148 Å². The van der Waals surface area contributed by atoms with E-state index in [0.717, 1.165) is 93.8 Å². The molecule has 326 valence electrons. The van der Waals surface area contributed by atoms with Crippen molar-refractivity contribution in [3.63, 3.8) is 0 Å². The predicted molar refractivity (Wildman–Crippen MR) is 289 cm³/mol. The zero-order valence-corrected chi connectivity index (χ0v) is 38.1. The van der Waals surface area contributed by atoms with Gasteiger partial charge in [-0.25, -0.2) is 15.0 Å². The van der Waals surface area contributed by atoms with Gasteiger partial charge in [0.2, 0.25) is 0 Å². The largest absolute Gasteiger partial charge is 0.456 e. The predicted octanol–water partition coefficient (Wildman–Crippen LogP) is 17.5. The average molecular weight is 913 g/mol. The fraction of sp³-hybridized carbons (Fsp3) is 0. The van der Waals surface area contributed by atoms with Crippen LogP contribution in [0.1, 0.15) is 0 Å². The Bertz CT molecular complexity index is 4600. The highest BCUT2D eigenvalue weighted by molar-refractivity contribution is 7.25. The van der Waals surface area contributed by atoms with E-state index in [2.05, 4.69) is 193 Å². The molecule has 0 unspecified atom stereocenters. The van der Waals surface area contributed by atoms with E-state index >= 15 is 0 Å². The molecule has 7 heteroatoms. The molecule has 0 atom stereocenters. The van der Waals surface area contributed by atoms with Crippen LogP contribution in [0.3, 0.4) is 0 Å². The Hall–Kier alpha value is -9.17. The molecule has 0 spiro atoms. The number of fused-ring (bicyclic) bond motifs is 12. The van der Waals surface area contributed by atoms with Gasteiger partial charge in [-0.2, -0.15) is 0 Å². The van der Waals surface area contributed by atoms with Crippen LogP contribution in [0.4, 0.5) is 0 Å². The standard InChI is InChI=1S/C63H36N4O2S/c1-3-13-37(14-4-1)38-27-31-51-49(33-38)43-29-25-40(35-52(43)67(51)42-15-5-2-6-16-42)39-28-32-54-50(34-39)59-47(19-11-22-55(59)68-54)62-64-61(41-26-30-45-44-17-7-9-21-53(44)69-56(45)36-41)65-63(66-62)48-20-12-24-58-60(48)46-18-8-10-23-57(46)70-58/h1-36H. The average Bonchev–Trinajstić information content (AvgIpc) is 4.19. The summed E-state index contributed by atoms with van der Waals surface area (Å²) in [6.45, 7) is 0. The summed E-state index contributed by atoms with van der Waals surface area (Å²) in [6.07, 6.45) is 0. The first-order valence-electron chi connectivity index (χ1n) is 23.4. The van der Waals surface area contributed by atoms with Crippen molar-refractivity contribution < 1.29 is 8.83 Å². The summed E-state index contributed by atoms with van der Waals surface area (Å²) in [4.78, 5) is 16.0. The summed E-state index contributed by atoms with van der Waals surface area (Å²) in [7, 11) is 0. The molecule has 0 saturated heterocycles. The smallest absolute Gasteiger partial charge is 0.164 e. The maximum absolute atomic E-state index is 6.66. The number of furan rings is 2. The van der Waals surface area contributed by atoms with E-state index in [9.17, 15) is 0 Å². The number of aromatic nitrogens is 4. The number of para-hydroxylation sites is 2. The van der Waals surface area contributed by atoms with Crippen LogP contribution in [0.15, 0.2) is 227 Å². The minimum absolute atomic E-state index is 0.558. The van der Waals surface area contributed by atoms with Crippen LogP contribution in [0.2, 0.25) is 0 Å². The molecule has 0 aliphatic rings. The topological polar surface area (TPSA) is 69.9 Å². The second-order valence-corrected chi connectivity index (χ2v) is 19.0. The van der Waals surface area contributed by atoms with Crippen LogP contribution < -0.4 is 0 Å². The van der Waals surface area contributed by atoms with Crippen LogP contribution in [-0.2, 0) is 0 Å². The van der Waals surface area contributed by atoms with Crippen molar-refractivity contribution in [1.29, 1.82) is 0 Å². The molecule has 0 saturated carbocycles. The molecule has 15 aromatic rings. The van der Waals surface area contributed by atoms with E-state index in [1.807, 2.05) is 30.3 Å². The molecule has 0 fully saturated rings. The van der Waals surface area contributed by atoms with Crippen molar-refractivity contribution >= 4 is 97.2 Å². The lowest BCUT2D eigenvalue weighted by atomic mass is 9.99. The third kappa shape index (κ3) is 6.02. The summed E-state index contributed by atoms with van der Waals surface area (Å²) < 4.78 is 17.8. The number of thiophene rings is 1. The number of nitrogens with zero attached hydrogens (tertiary/aromatic N) is 4. The van der Waals surface area contributed by atoms with Crippen molar-refractivity contribution in [2.45, 2.75) is 0 Å². The quantitative estimate of drug-likeness (QED) is 0.166. The second-order valence-electron chi connectivity index (χ2n) is 17.9. The van der Waals surface area contributed by atoms with E-state index < -0.39 is 0 Å². The summed E-state index contributed by atoms with van der Waals surface area (Å²) in [5.41, 5.74) is 13.8. The highest BCUT2D eigenvalue weighted by Gasteiger charge is 2.22. The van der Waals surface area contributed by atoms with Crippen LogP contribution in [0.5, 0.6) is 0 Å². The number of hydrogen-bond donors (Lipinski definition) is 0. The molecule has 5 aromatic heterocycles. The lowest BCUT2D eigenvalue weighted by Crippen LogP contribution is -2.00. The van der Waals surface area contributed by atoms with Crippen LogP contribution in [0, 0.1) is 0 Å². The van der Waals surface area contributed by atoms with Gasteiger partial charge in [-0.15, -0.1) is 11.3 Å². The van der Waals surface area contributed by atoms with Gasteiger partial charge in [-0.1, -0.05) is 140 Å². The second kappa shape index (κ2) is 15.2. The normalized spacial score (nSPS) is 12.0. The van der Waals surface area contributed by atoms with Gasteiger partial charge in [0.15, 0.2) is 17.5 Å². The van der Waals surface area contributed by atoms with Gasteiger partial charge in [0.25, 0.3) is 0 Å². The molecule has 0 aliphatic carbocycles. The van der Waals surface area contributed by atoms with Crippen LogP contribution in [-0.4, -0.2) is 19.5 Å². The molecule has 0 bridgehead atoms. The third-order valence-corrected chi connectivity index (χ3v) is 15.0. The van der Waals surface area contributed by atoms with Crippen molar-refractivity contribution in [2.75, 3.05) is 0 Å². The van der Waals surface area contributed by atoms with Gasteiger partial charge in [-0.05, 0) is 101 Å². The van der Waals surface area contributed by atoms with Crippen molar-refractivity contribution in [3.05, 3.63) is 218 Å². The van der Waals surface area contributed by atoms with Gasteiger partial charge < -0.3 is 13.4 Å². The van der Waals surface area contributed by atoms with Gasteiger partial charge >= 0.3 is 0 Å². The van der Waals surface area contributed by atoms with Gasteiger partial charge in [0.05, 0.1) is 11.0 Å². The molecule has 5 heterocycles. The highest BCUT2D eigenvalue weighted by atomic mass is 32.1. The van der Waals surface area contributed by atoms with Crippen molar-refractivity contribution in [3.8, 4) is 62.1 Å². The first kappa shape index (κ1) is 38.9. The highest BCUT2D eigenvalue weighted by Crippen LogP contribution is 2.43. The summed E-state index contributed by atoms with van der Waals surface area (Å²) in [5.74, 6) is 1.72. The lowest BCUT2D eigenvalue weighted by molar-refractivity contribution is 0.668. The Morgan fingerprint density at radius 2 is 0.900 bits per heavy atom. The minimum Gasteiger partial charge on any atom is -0.456 e. The van der Waals surface area contributed by atoms with Gasteiger partial charge in [0.1, 0.15) is 22.3 Å². The first-order valence-corrected chi connectivity index (χ1v) is 24.2. The Labute approximate surface area is 404 Å². The van der Waals surface area contributed by atoms with E-state index in [1.54, 1.807) is 11.3 Å². The summed E-state index contributed by atoms with van der Waals surface area (Å²) in [5, 5.41) is 8.78. The monoisotopic (exact) mass is 912 g/mol. The molecule has 0 aliphatic heterocycles. The van der Waals surface area contributed by atoms with Gasteiger partial charge in [0, 0.05) is 74.9 Å². The number of rotatable bonds is 6. The molecular weight excluding hydrogens is 877 g/mol. The van der Waals surface area contributed by atoms with Crippen molar-refractivity contribution in [1.82, 2.24) is 19.5 Å². The van der Waals surface area contributed by atoms with E-state index in [-0.39, 0.29) is 0 Å². The molecule has 0 N–H and O–H groups in total. The molecule has 0 radical (unpaired) electrons.